The molecule has 1 aromatic carbocycles. The molecule has 1 aromatic rings. The van der Waals surface area contributed by atoms with Crippen LogP contribution in [-0.4, -0.2) is 50.1 Å². The van der Waals surface area contributed by atoms with Gasteiger partial charge in [0.15, 0.2) is 11.5 Å². The lowest BCUT2D eigenvalue weighted by Crippen LogP contribution is -2.45. The topological polar surface area (TPSA) is 67.9 Å². The van der Waals surface area contributed by atoms with Crippen molar-refractivity contribution in [2.45, 2.75) is 58.8 Å². The molecule has 1 saturated heterocycles. The highest BCUT2D eigenvalue weighted by atomic mass is 35.5. The zero-order chi connectivity index (χ0) is 21.9. The molecule has 1 aliphatic rings. The second-order valence-corrected chi connectivity index (χ2v) is 8.19. The second kappa shape index (κ2) is 12.7. The van der Waals surface area contributed by atoms with Crippen LogP contribution in [0.15, 0.2) is 12.1 Å². The van der Waals surface area contributed by atoms with Crippen LogP contribution in [0.25, 0.3) is 0 Å². The molecule has 1 aliphatic heterocycles. The number of halogens is 1. The number of carbonyl (C=O) groups excluding carboxylic acids is 2. The number of nitrogens with zero attached hydrogens (tertiary/aromatic N) is 1. The van der Waals surface area contributed by atoms with Gasteiger partial charge in [0.05, 0.1) is 24.7 Å². The van der Waals surface area contributed by atoms with E-state index in [1.807, 2.05) is 6.92 Å². The molecule has 0 spiro atoms. The second-order valence-electron chi connectivity index (χ2n) is 7.78. The lowest BCUT2D eigenvalue weighted by atomic mass is 9.96. The van der Waals surface area contributed by atoms with E-state index < -0.39 is 0 Å². The first-order valence-corrected chi connectivity index (χ1v) is 11.5. The van der Waals surface area contributed by atoms with E-state index in [0.717, 1.165) is 32.1 Å². The summed E-state index contributed by atoms with van der Waals surface area (Å²) in [6.45, 7) is 6.45. The van der Waals surface area contributed by atoms with Crippen LogP contribution in [0.2, 0.25) is 5.02 Å². The number of amides is 2. The van der Waals surface area contributed by atoms with Gasteiger partial charge in [-0.3, -0.25) is 9.59 Å². The summed E-state index contributed by atoms with van der Waals surface area (Å²) in [7, 11) is 1.53. The molecule has 1 fully saturated rings. The van der Waals surface area contributed by atoms with E-state index >= 15 is 0 Å². The summed E-state index contributed by atoms with van der Waals surface area (Å²) in [6.07, 6.45) is 6.95. The Morgan fingerprint density at radius 1 is 1.20 bits per heavy atom. The number of carbonyl (C=O) groups is 2. The van der Waals surface area contributed by atoms with Gasteiger partial charge in [-0.2, -0.15) is 0 Å². The minimum absolute atomic E-state index is 0.0444. The zero-order valence-corrected chi connectivity index (χ0v) is 19.2. The molecule has 7 heteroatoms. The minimum atomic E-state index is -0.168. The highest BCUT2D eigenvalue weighted by Gasteiger charge is 2.29. The molecule has 0 bridgehead atoms. The summed E-state index contributed by atoms with van der Waals surface area (Å²) in [5.74, 6) is 0.633. The summed E-state index contributed by atoms with van der Waals surface area (Å²) >= 11 is 6.36. The normalized spacial score (nSPS) is 16.3. The SMILES string of the molecule is CCCCCCNC(=O)C1CCCN(C(=O)c2cc(Cl)c(OCCC)c(OC)c2)C1. The van der Waals surface area contributed by atoms with Crippen molar-refractivity contribution in [3.63, 3.8) is 0 Å². The number of benzene rings is 1. The Kier molecular flexibility index (Phi) is 10.3. The van der Waals surface area contributed by atoms with Crippen molar-refractivity contribution in [1.29, 1.82) is 0 Å². The van der Waals surface area contributed by atoms with Crippen molar-refractivity contribution in [2.75, 3.05) is 33.4 Å². The van der Waals surface area contributed by atoms with Gasteiger partial charge >= 0.3 is 0 Å². The van der Waals surface area contributed by atoms with E-state index in [-0.39, 0.29) is 17.7 Å². The van der Waals surface area contributed by atoms with Crippen LogP contribution in [0.5, 0.6) is 11.5 Å². The van der Waals surface area contributed by atoms with Gasteiger partial charge in [0, 0.05) is 25.2 Å². The van der Waals surface area contributed by atoms with Crippen LogP contribution in [0.3, 0.4) is 0 Å². The molecule has 2 rings (SSSR count). The standard InChI is InChI=1S/C23H35ClN2O4/c1-4-6-7-8-11-25-22(27)17-10-9-12-26(16-17)23(28)18-14-19(24)21(30-13-5-2)20(15-18)29-3/h14-15,17H,4-13,16H2,1-3H3,(H,25,27). The number of unbranched alkanes of at least 4 members (excludes halogenated alkanes) is 3. The van der Waals surface area contributed by atoms with Crippen LogP contribution in [-0.2, 0) is 4.79 Å². The van der Waals surface area contributed by atoms with Crippen LogP contribution in [0.1, 0.15) is 69.2 Å². The van der Waals surface area contributed by atoms with Crippen LogP contribution < -0.4 is 14.8 Å². The van der Waals surface area contributed by atoms with E-state index in [4.69, 9.17) is 21.1 Å². The third kappa shape index (κ3) is 6.79. The highest BCUT2D eigenvalue weighted by Crippen LogP contribution is 2.37. The molecule has 1 heterocycles. The van der Waals surface area contributed by atoms with Gasteiger partial charge in [0.1, 0.15) is 0 Å². The fourth-order valence-electron chi connectivity index (χ4n) is 3.65. The number of ether oxygens (including phenoxy) is 2. The maximum absolute atomic E-state index is 13.1. The van der Waals surface area contributed by atoms with Gasteiger partial charge in [0.25, 0.3) is 5.91 Å². The monoisotopic (exact) mass is 438 g/mol. The Labute approximate surface area is 185 Å². The Bertz CT molecular complexity index is 711. The lowest BCUT2D eigenvalue weighted by Gasteiger charge is -2.32. The molecule has 1 unspecified atom stereocenters. The smallest absolute Gasteiger partial charge is 0.254 e. The van der Waals surface area contributed by atoms with E-state index in [2.05, 4.69) is 12.2 Å². The first kappa shape index (κ1) is 24.3. The summed E-state index contributed by atoms with van der Waals surface area (Å²) in [5.41, 5.74) is 0.446. The molecule has 0 aromatic heterocycles. The molecule has 2 amide bonds. The number of rotatable bonds is 11. The molecule has 0 saturated carbocycles. The summed E-state index contributed by atoms with van der Waals surface area (Å²) in [6, 6.07) is 3.28. The number of piperidine rings is 1. The summed E-state index contributed by atoms with van der Waals surface area (Å²) < 4.78 is 11.1. The van der Waals surface area contributed by atoms with Crippen LogP contribution in [0, 0.1) is 5.92 Å². The Hall–Kier alpha value is -1.95. The molecular weight excluding hydrogens is 404 g/mol. The largest absolute Gasteiger partial charge is 0.493 e. The van der Waals surface area contributed by atoms with E-state index in [1.165, 1.54) is 20.0 Å². The van der Waals surface area contributed by atoms with Gasteiger partial charge < -0.3 is 19.7 Å². The van der Waals surface area contributed by atoms with Gasteiger partial charge in [-0.05, 0) is 37.8 Å². The van der Waals surface area contributed by atoms with Crippen molar-refractivity contribution in [2.24, 2.45) is 5.92 Å². The molecule has 0 radical (unpaired) electrons. The average molecular weight is 439 g/mol. The fourth-order valence-corrected chi connectivity index (χ4v) is 3.92. The van der Waals surface area contributed by atoms with Gasteiger partial charge in [0.2, 0.25) is 5.91 Å². The number of hydrogen-bond donors (Lipinski definition) is 1. The first-order chi connectivity index (χ1) is 14.5. The predicted molar refractivity (Wildman–Crippen MR) is 120 cm³/mol. The highest BCUT2D eigenvalue weighted by molar-refractivity contribution is 6.32. The van der Waals surface area contributed by atoms with Crippen molar-refractivity contribution in [1.82, 2.24) is 10.2 Å². The Morgan fingerprint density at radius 3 is 2.70 bits per heavy atom. The number of nitrogens with one attached hydrogen (secondary N) is 1. The fraction of sp³-hybridized carbons (Fsp3) is 0.652. The molecule has 1 N–H and O–H groups in total. The van der Waals surface area contributed by atoms with E-state index in [9.17, 15) is 9.59 Å². The quantitative estimate of drug-likeness (QED) is 0.509. The number of likely N-dealkylation sites (tertiary alicyclic amines) is 1. The first-order valence-electron chi connectivity index (χ1n) is 11.1. The van der Waals surface area contributed by atoms with E-state index in [1.54, 1.807) is 17.0 Å². The molecule has 1 atom stereocenters. The molecule has 30 heavy (non-hydrogen) atoms. The summed E-state index contributed by atoms with van der Waals surface area (Å²) in [5, 5.41) is 3.38. The van der Waals surface area contributed by atoms with Crippen LogP contribution in [0.4, 0.5) is 0 Å². The van der Waals surface area contributed by atoms with Gasteiger partial charge in [-0.1, -0.05) is 44.7 Å². The van der Waals surface area contributed by atoms with Crippen molar-refractivity contribution in [3.05, 3.63) is 22.7 Å². The van der Waals surface area contributed by atoms with Gasteiger partial charge in [-0.15, -0.1) is 0 Å². The minimum Gasteiger partial charge on any atom is -0.493 e. The molecule has 0 aliphatic carbocycles. The average Bonchev–Trinajstić information content (AvgIpc) is 2.77. The summed E-state index contributed by atoms with van der Waals surface area (Å²) in [4.78, 5) is 27.4. The zero-order valence-electron chi connectivity index (χ0n) is 18.5. The third-order valence-corrected chi connectivity index (χ3v) is 5.62. The van der Waals surface area contributed by atoms with Crippen LogP contribution >= 0.6 is 11.6 Å². The predicted octanol–water partition coefficient (Wildman–Crippen LogP) is 4.69. The van der Waals surface area contributed by atoms with E-state index in [0.29, 0.717) is 48.3 Å². The van der Waals surface area contributed by atoms with Crippen molar-refractivity contribution >= 4 is 23.4 Å². The maximum atomic E-state index is 13.1. The van der Waals surface area contributed by atoms with Gasteiger partial charge in [-0.25, -0.2) is 0 Å². The number of methoxy groups -OCH3 is 1. The molecule has 168 valence electrons. The third-order valence-electron chi connectivity index (χ3n) is 5.34. The van der Waals surface area contributed by atoms with Crippen molar-refractivity contribution in [3.8, 4) is 11.5 Å². The maximum Gasteiger partial charge on any atom is 0.254 e. The molecule has 6 nitrogen and oxygen atoms in total. The Balaban J connectivity index is 2.00. The lowest BCUT2D eigenvalue weighted by molar-refractivity contribution is -0.126. The van der Waals surface area contributed by atoms with Crippen molar-refractivity contribution < 1.29 is 19.1 Å². The Morgan fingerprint density at radius 2 is 2.00 bits per heavy atom. The number of hydrogen-bond acceptors (Lipinski definition) is 4. The molecular formula is C23H35ClN2O4.